The van der Waals surface area contributed by atoms with Crippen molar-refractivity contribution in [3.63, 3.8) is 0 Å². The van der Waals surface area contributed by atoms with Crippen LogP contribution in [0.3, 0.4) is 0 Å². The fourth-order valence-electron chi connectivity index (χ4n) is 3.09. The fraction of sp³-hybridized carbons (Fsp3) is 0.263. The smallest absolute Gasteiger partial charge is 0.322 e. The maximum Gasteiger partial charge on any atom is 0.322 e. The van der Waals surface area contributed by atoms with Crippen LogP contribution < -0.4 is 5.32 Å². The van der Waals surface area contributed by atoms with Crippen molar-refractivity contribution in [2.75, 3.05) is 11.9 Å². The molecule has 1 unspecified atom stereocenters. The standard InChI is InChI=1S/C19H19ClN2O5S/c20-14-6-4-13(5-7-14)18(23)21-15-8-10-16(11-9-15)28(26,27)22-12-2-1-3-17(22)19(24)25/h4-11,17H,1-3,12H2,(H,21,23)(H,24,25). The Morgan fingerprint density at radius 1 is 1.04 bits per heavy atom. The van der Waals surface area contributed by atoms with E-state index in [1.165, 1.54) is 24.3 Å². The zero-order valence-electron chi connectivity index (χ0n) is 14.8. The highest BCUT2D eigenvalue weighted by molar-refractivity contribution is 7.89. The summed E-state index contributed by atoms with van der Waals surface area (Å²) < 4.78 is 26.7. The predicted molar refractivity (Wildman–Crippen MR) is 105 cm³/mol. The van der Waals surface area contributed by atoms with Gasteiger partial charge in [-0.3, -0.25) is 9.59 Å². The Hall–Kier alpha value is -2.42. The quantitative estimate of drug-likeness (QED) is 0.769. The van der Waals surface area contributed by atoms with Gasteiger partial charge in [-0.1, -0.05) is 11.6 Å². The summed E-state index contributed by atoms with van der Waals surface area (Å²) in [6.45, 7) is 0.175. The zero-order chi connectivity index (χ0) is 20.3. The summed E-state index contributed by atoms with van der Waals surface area (Å²) in [5.74, 6) is -1.50. The van der Waals surface area contributed by atoms with Crippen LogP contribution in [0.4, 0.5) is 5.69 Å². The summed E-state index contributed by atoms with van der Waals surface area (Å²) in [4.78, 5) is 23.6. The number of piperidine rings is 1. The molecule has 0 aliphatic carbocycles. The minimum Gasteiger partial charge on any atom is -0.480 e. The van der Waals surface area contributed by atoms with Crippen molar-refractivity contribution in [1.29, 1.82) is 0 Å². The molecule has 1 saturated heterocycles. The van der Waals surface area contributed by atoms with E-state index >= 15 is 0 Å². The number of nitrogens with one attached hydrogen (secondary N) is 1. The van der Waals surface area contributed by atoms with Gasteiger partial charge in [-0.05, 0) is 67.8 Å². The number of amides is 1. The number of rotatable bonds is 5. The van der Waals surface area contributed by atoms with Crippen molar-refractivity contribution in [3.05, 3.63) is 59.1 Å². The third-order valence-corrected chi connectivity index (χ3v) is 6.74. The lowest BCUT2D eigenvalue weighted by molar-refractivity contribution is -0.142. The van der Waals surface area contributed by atoms with E-state index in [9.17, 15) is 23.1 Å². The number of aliphatic carboxylic acids is 1. The maximum absolute atomic E-state index is 12.9. The molecule has 1 fully saturated rings. The van der Waals surface area contributed by atoms with Crippen LogP contribution in [-0.2, 0) is 14.8 Å². The molecule has 3 rings (SSSR count). The number of carboxylic acids is 1. The van der Waals surface area contributed by atoms with Crippen LogP contribution in [0, 0.1) is 0 Å². The van der Waals surface area contributed by atoms with Crippen LogP contribution in [0.25, 0.3) is 0 Å². The maximum atomic E-state index is 12.9. The molecule has 0 aromatic heterocycles. The molecule has 7 nitrogen and oxygen atoms in total. The number of nitrogens with zero attached hydrogens (tertiary/aromatic N) is 1. The van der Waals surface area contributed by atoms with Crippen molar-refractivity contribution in [3.8, 4) is 0 Å². The molecule has 1 atom stereocenters. The SMILES string of the molecule is O=C(Nc1ccc(S(=O)(=O)N2CCCCC2C(=O)O)cc1)c1ccc(Cl)cc1. The largest absolute Gasteiger partial charge is 0.480 e. The first-order chi connectivity index (χ1) is 13.3. The van der Waals surface area contributed by atoms with Crippen LogP contribution >= 0.6 is 11.6 Å². The molecule has 1 aliphatic heterocycles. The number of benzene rings is 2. The molecule has 1 amide bonds. The highest BCUT2D eigenvalue weighted by Crippen LogP contribution is 2.26. The summed E-state index contributed by atoms with van der Waals surface area (Å²) in [6.07, 6.45) is 1.60. The lowest BCUT2D eigenvalue weighted by atomic mass is 10.1. The number of sulfonamides is 1. The van der Waals surface area contributed by atoms with Crippen LogP contribution in [0.2, 0.25) is 5.02 Å². The third kappa shape index (κ3) is 4.35. The van der Waals surface area contributed by atoms with Crippen molar-refractivity contribution in [2.45, 2.75) is 30.2 Å². The molecule has 0 saturated carbocycles. The average molecular weight is 423 g/mol. The molecule has 1 heterocycles. The number of hydrogen-bond donors (Lipinski definition) is 2. The van der Waals surface area contributed by atoms with E-state index in [0.29, 0.717) is 35.5 Å². The Bertz CT molecular complexity index is 974. The number of hydrogen-bond acceptors (Lipinski definition) is 4. The van der Waals surface area contributed by atoms with E-state index in [1.807, 2.05) is 0 Å². The number of halogens is 1. The first-order valence-electron chi connectivity index (χ1n) is 8.70. The summed E-state index contributed by atoms with van der Waals surface area (Å²) in [5.41, 5.74) is 0.839. The van der Waals surface area contributed by atoms with E-state index in [2.05, 4.69) is 5.32 Å². The van der Waals surface area contributed by atoms with Crippen LogP contribution in [-0.4, -0.2) is 42.3 Å². The van der Waals surface area contributed by atoms with E-state index < -0.39 is 22.0 Å². The molecule has 2 aromatic rings. The molecule has 28 heavy (non-hydrogen) atoms. The molecule has 0 radical (unpaired) electrons. The van der Waals surface area contributed by atoms with Crippen molar-refractivity contribution < 1.29 is 23.1 Å². The highest BCUT2D eigenvalue weighted by atomic mass is 35.5. The predicted octanol–water partition coefficient (Wildman–Crippen LogP) is 3.22. The van der Waals surface area contributed by atoms with Crippen LogP contribution in [0.5, 0.6) is 0 Å². The fourth-order valence-corrected chi connectivity index (χ4v) is 4.87. The Balaban J connectivity index is 1.76. The van der Waals surface area contributed by atoms with Crippen LogP contribution in [0.1, 0.15) is 29.6 Å². The minimum atomic E-state index is -3.93. The summed E-state index contributed by atoms with van der Waals surface area (Å²) in [5, 5.41) is 12.5. The van der Waals surface area contributed by atoms with Gasteiger partial charge in [0.05, 0.1) is 4.90 Å². The second-order valence-electron chi connectivity index (χ2n) is 6.45. The topological polar surface area (TPSA) is 104 Å². The van der Waals surface area contributed by atoms with Gasteiger partial charge in [0.2, 0.25) is 10.0 Å². The normalized spacial score (nSPS) is 17.8. The second kappa shape index (κ2) is 8.30. The Morgan fingerprint density at radius 2 is 1.68 bits per heavy atom. The molecule has 2 aromatic carbocycles. The van der Waals surface area contributed by atoms with Gasteiger partial charge in [0.25, 0.3) is 5.91 Å². The lowest BCUT2D eigenvalue weighted by Gasteiger charge is -2.31. The molecule has 0 spiro atoms. The molecule has 148 valence electrons. The summed E-state index contributed by atoms with van der Waals surface area (Å²) in [7, 11) is -3.93. The number of anilines is 1. The molecular formula is C19H19ClN2O5S. The summed E-state index contributed by atoms with van der Waals surface area (Å²) in [6, 6.07) is 11.0. The van der Waals surface area contributed by atoms with Gasteiger partial charge in [0.15, 0.2) is 0 Å². The zero-order valence-corrected chi connectivity index (χ0v) is 16.4. The van der Waals surface area contributed by atoms with Gasteiger partial charge < -0.3 is 10.4 Å². The number of carboxylic acid groups (broad SMARTS) is 1. The van der Waals surface area contributed by atoms with Gasteiger partial charge in [0, 0.05) is 22.8 Å². The Kier molecular flexibility index (Phi) is 6.02. The second-order valence-corrected chi connectivity index (χ2v) is 8.78. The molecule has 1 aliphatic rings. The number of carbonyl (C=O) groups is 2. The molecule has 9 heteroatoms. The van der Waals surface area contributed by atoms with E-state index in [1.54, 1.807) is 24.3 Å². The van der Waals surface area contributed by atoms with Crippen molar-refractivity contribution in [1.82, 2.24) is 4.31 Å². The van der Waals surface area contributed by atoms with Crippen LogP contribution in [0.15, 0.2) is 53.4 Å². The van der Waals surface area contributed by atoms with Crippen molar-refractivity contribution >= 4 is 39.2 Å². The van der Waals surface area contributed by atoms with E-state index in [4.69, 9.17) is 11.6 Å². The Morgan fingerprint density at radius 3 is 2.29 bits per heavy atom. The molecule has 0 bridgehead atoms. The van der Waals surface area contributed by atoms with Gasteiger partial charge in [-0.25, -0.2) is 8.42 Å². The van der Waals surface area contributed by atoms with Gasteiger partial charge in [-0.2, -0.15) is 4.31 Å². The first kappa shape index (κ1) is 20.3. The third-order valence-electron chi connectivity index (χ3n) is 4.56. The Labute approximate surface area is 168 Å². The first-order valence-corrected chi connectivity index (χ1v) is 10.5. The molecular weight excluding hydrogens is 404 g/mol. The van der Waals surface area contributed by atoms with Gasteiger partial charge in [0.1, 0.15) is 6.04 Å². The van der Waals surface area contributed by atoms with Gasteiger partial charge in [-0.15, -0.1) is 0 Å². The average Bonchev–Trinajstić information content (AvgIpc) is 2.69. The summed E-state index contributed by atoms with van der Waals surface area (Å²) >= 11 is 5.80. The van der Waals surface area contributed by atoms with Gasteiger partial charge >= 0.3 is 5.97 Å². The number of carbonyl (C=O) groups excluding carboxylic acids is 1. The van der Waals surface area contributed by atoms with E-state index in [-0.39, 0.29) is 17.3 Å². The minimum absolute atomic E-state index is 0.00913. The monoisotopic (exact) mass is 422 g/mol. The highest BCUT2D eigenvalue weighted by Gasteiger charge is 2.37. The lowest BCUT2D eigenvalue weighted by Crippen LogP contribution is -2.47. The molecule has 2 N–H and O–H groups in total. The van der Waals surface area contributed by atoms with E-state index in [0.717, 1.165) is 4.31 Å². The van der Waals surface area contributed by atoms with Crippen molar-refractivity contribution in [2.24, 2.45) is 0 Å².